The standard InChI is InChI=1S/C11H15ClN4O/c12-9-6-11(15-7-14-9)16-3-1-8(2-4-16)5-10(13)17/h6-8H,1-5H2,(H2,13,17). The molecule has 1 aliphatic rings. The molecular weight excluding hydrogens is 240 g/mol. The van der Waals surface area contributed by atoms with Crippen molar-refractivity contribution in [1.29, 1.82) is 0 Å². The Bertz CT molecular complexity index is 404. The maximum absolute atomic E-state index is 10.8. The van der Waals surface area contributed by atoms with Gasteiger partial charge in [-0.2, -0.15) is 0 Å². The first-order valence-electron chi connectivity index (χ1n) is 5.66. The van der Waals surface area contributed by atoms with Gasteiger partial charge in [0.1, 0.15) is 17.3 Å². The molecule has 1 fully saturated rings. The molecule has 0 aliphatic carbocycles. The van der Waals surface area contributed by atoms with Crippen LogP contribution in [0, 0.1) is 5.92 Å². The lowest BCUT2D eigenvalue weighted by Gasteiger charge is -2.32. The second-order valence-corrected chi connectivity index (χ2v) is 4.69. The fourth-order valence-electron chi connectivity index (χ4n) is 2.15. The van der Waals surface area contributed by atoms with Crippen molar-refractivity contribution in [2.24, 2.45) is 11.7 Å². The Balaban J connectivity index is 1.93. The lowest BCUT2D eigenvalue weighted by Crippen LogP contribution is -2.35. The monoisotopic (exact) mass is 254 g/mol. The number of nitrogens with two attached hydrogens (primary N) is 1. The van der Waals surface area contributed by atoms with Crippen LogP contribution in [0.1, 0.15) is 19.3 Å². The zero-order valence-corrected chi connectivity index (χ0v) is 10.2. The fraction of sp³-hybridized carbons (Fsp3) is 0.545. The number of nitrogens with zero attached hydrogens (tertiary/aromatic N) is 3. The van der Waals surface area contributed by atoms with Gasteiger partial charge in [-0.3, -0.25) is 4.79 Å². The third-order valence-electron chi connectivity index (χ3n) is 3.05. The Kier molecular flexibility index (Phi) is 3.78. The summed E-state index contributed by atoms with van der Waals surface area (Å²) < 4.78 is 0. The molecule has 0 saturated carbocycles. The fourth-order valence-corrected chi connectivity index (χ4v) is 2.29. The molecule has 1 aromatic rings. The van der Waals surface area contributed by atoms with Gasteiger partial charge in [-0.05, 0) is 18.8 Å². The molecule has 1 aromatic heterocycles. The molecule has 0 atom stereocenters. The second kappa shape index (κ2) is 5.31. The van der Waals surface area contributed by atoms with Gasteiger partial charge in [0.2, 0.25) is 5.91 Å². The summed E-state index contributed by atoms with van der Waals surface area (Å²) in [6.07, 6.45) is 3.88. The molecule has 92 valence electrons. The molecule has 2 N–H and O–H groups in total. The Morgan fingerprint density at radius 1 is 1.47 bits per heavy atom. The van der Waals surface area contributed by atoms with Gasteiger partial charge in [0, 0.05) is 25.6 Å². The number of hydrogen-bond acceptors (Lipinski definition) is 4. The SMILES string of the molecule is NC(=O)CC1CCN(c2cc(Cl)ncn2)CC1. The van der Waals surface area contributed by atoms with Gasteiger partial charge >= 0.3 is 0 Å². The first-order chi connectivity index (χ1) is 8.15. The minimum absolute atomic E-state index is 0.214. The van der Waals surface area contributed by atoms with Crippen LogP contribution in [-0.2, 0) is 4.79 Å². The summed E-state index contributed by atoms with van der Waals surface area (Å²) in [7, 11) is 0. The predicted octanol–water partition coefficient (Wildman–Crippen LogP) is 1.22. The normalized spacial score (nSPS) is 17.1. The highest BCUT2D eigenvalue weighted by Gasteiger charge is 2.21. The van der Waals surface area contributed by atoms with Crippen molar-refractivity contribution < 1.29 is 4.79 Å². The number of piperidine rings is 1. The average Bonchev–Trinajstić information content (AvgIpc) is 2.29. The minimum Gasteiger partial charge on any atom is -0.370 e. The van der Waals surface area contributed by atoms with Crippen LogP contribution < -0.4 is 10.6 Å². The number of carbonyl (C=O) groups excluding carboxylic acids is 1. The number of primary amides is 1. The summed E-state index contributed by atoms with van der Waals surface area (Å²) in [4.78, 5) is 21.0. The van der Waals surface area contributed by atoms with Crippen LogP contribution in [0.5, 0.6) is 0 Å². The van der Waals surface area contributed by atoms with Crippen molar-refractivity contribution in [3.63, 3.8) is 0 Å². The van der Waals surface area contributed by atoms with Gasteiger partial charge < -0.3 is 10.6 Å². The second-order valence-electron chi connectivity index (χ2n) is 4.30. The molecule has 6 heteroatoms. The zero-order chi connectivity index (χ0) is 12.3. The molecule has 0 spiro atoms. The van der Waals surface area contributed by atoms with Crippen LogP contribution in [0.3, 0.4) is 0 Å². The molecule has 1 aliphatic heterocycles. The lowest BCUT2D eigenvalue weighted by atomic mass is 9.93. The van der Waals surface area contributed by atoms with E-state index in [0.717, 1.165) is 31.7 Å². The quantitative estimate of drug-likeness (QED) is 0.824. The van der Waals surface area contributed by atoms with Crippen molar-refractivity contribution in [2.45, 2.75) is 19.3 Å². The summed E-state index contributed by atoms with van der Waals surface area (Å²) in [6, 6.07) is 1.76. The predicted molar refractivity (Wildman–Crippen MR) is 65.8 cm³/mol. The highest BCUT2D eigenvalue weighted by Crippen LogP contribution is 2.24. The van der Waals surface area contributed by atoms with E-state index in [0.29, 0.717) is 17.5 Å². The first kappa shape index (κ1) is 12.1. The van der Waals surface area contributed by atoms with Gasteiger partial charge in [0.25, 0.3) is 0 Å². The van der Waals surface area contributed by atoms with E-state index in [1.54, 1.807) is 6.07 Å². The van der Waals surface area contributed by atoms with Crippen molar-refractivity contribution in [1.82, 2.24) is 9.97 Å². The number of amides is 1. The van der Waals surface area contributed by atoms with Crippen LogP contribution in [0.25, 0.3) is 0 Å². The van der Waals surface area contributed by atoms with Crippen LogP contribution >= 0.6 is 11.6 Å². The van der Waals surface area contributed by atoms with Crippen molar-refractivity contribution in [3.8, 4) is 0 Å². The van der Waals surface area contributed by atoms with E-state index in [1.165, 1.54) is 6.33 Å². The Morgan fingerprint density at radius 3 is 2.76 bits per heavy atom. The van der Waals surface area contributed by atoms with E-state index in [2.05, 4.69) is 14.9 Å². The van der Waals surface area contributed by atoms with E-state index in [-0.39, 0.29) is 5.91 Å². The van der Waals surface area contributed by atoms with E-state index in [1.807, 2.05) is 0 Å². The minimum atomic E-state index is -0.214. The van der Waals surface area contributed by atoms with Gasteiger partial charge in [-0.15, -0.1) is 0 Å². The molecule has 1 amide bonds. The summed E-state index contributed by atoms with van der Waals surface area (Å²) >= 11 is 5.82. The Labute approximate surface area is 105 Å². The van der Waals surface area contributed by atoms with Crippen LogP contribution in [0.15, 0.2) is 12.4 Å². The Hall–Kier alpha value is -1.36. The molecule has 0 unspecified atom stereocenters. The van der Waals surface area contributed by atoms with Gasteiger partial charge in [0.15, 0.2) is 0 Å². The topological polar surface area (TPSA) is 72.1 Å². The van der Waals surface area contributed by atoms with Crippen molar-refractivity contribution in [3.05, 3.63) is 17.5 Å². The van der Waals surface area contributed by atoms with E-state index in [9.17, 15) is 4.79 Å². The molecule has 5 nitrogen and oxygen atoms in total. The van der Waals surface area contributed by atoms with E-state index >= 15 is 0 Å². The molecule has 2 rings (SSSR count). The summed E-state index contributed by atoms with van der Waals surface area (Å²) in [5.41, 5.74) is 5.20. The van der Waals surface area contributed by atoms with E-state index in [4.69, 9.17) is 17.3 Å². The number of aromatic nitrogens is 2. The number of halogens is 1. The first-order valence-corrected chi connectivity index (χ1v) is 6.04. The number of rotatable bonds is 3. The summed E-state index contributed by atoms with van der Waals surface area (Å²) in [5, 5.41) is 0.453. The maximum atomic E-state index is 10.8. The van der Waals surface area contributed by atoms with Gasteiger partial charge in [-0.25, -0.2) is 9.97 Å². The molecule has 0 bridgehead atoms. The van der Waals surface area contributed by atoms with E-state index < -0.39 is 0 Å². The average molecular weight is 255 g/mol. The summed E-state index contributed by atoms with van der Waals surface area (Å²) in [5.74, 6) is 1.04. The summed E-state index contributed by atoms with van der Waals surface area (Å²) in [6.45, 7) is 1.76. The molecular formula is C11H15ClN4O. The highest BCUT2D eigenvalue weighted by atomic mass is 35.5. The number of carbonyl (C=O) groups is 1. The third-order valence-corrected chi connectivity index (χ3v) is 3.25. The molecule has 1 saturated heterocycles. The third kappa shape index (κ3) is 3.30. The maximum Gasteiger partial charge on any atom is 0.217 e. The van der Waals surface area contributed by atoms with Crippen molar-refractivity contribution >= 4 is 23.3 Å². The van der Waals surface area contributed by atoms with Crippen LogP contribution in [-0.4, -0.2) is 29.0 Å². The van der Waals surface area contributed by atoms with Gasteiger partial charge in [0.05, 0.1) is 0 Å². The zero-order valence-electron chi connectivity index (χ0n) is 9.47. The smallest absolute Gasteiger partial charge is 0.217 e. The number of hydrogen-bond donors (Lipinski definition) is 1. The Morgan fingerprint density at radius 2 is 2.18 bits per heavy atom. The largest absolute Gasteiger partial charge is 0.370 e. The van der Waals surface area contributed by atoms with Crippen molar-refractivity contribution in [2.75, 3.05) is 18.0 Å². The van der Waals surface area contributed by atoms with Crippen LogP contribution in [0.2, 0.25) is 5.15 Å². The lowest BCUT2D eigenvalue weighted by molar-refractivity contribution is -0.119. The molecule has 0 aromatic carbocycles. The molecule has 0 radical (unpaired) electrons. The molecule has 2 heterocycles. The number of anilines is 1. The van der Waals surface area contributed by atoms with Crippen LogP contribution in [0.4, 0.5) is 5.82 Å². The van der Waals surface area contributed by atoms with Gasteiger partial charge in [-0.1, -0.05) is 11.6 Å². The molecule has 17 heavy (non-hydrogen) atoms. The highest BCUT2D eigenvalue weighted by molar-refractivity contribution is 6.29.